The van der Waals surface area contributed by atoms with Crippen molar-refractivity contribution in [2.75, 3.05) is 6.61 Å². The molecule has 25 heavy (non-hydrogen) atoms. The molecule has 3 N–H and O–H groups in total. The summed E-state index contributed by atoms with van der Waals surface area (Å²) in [5.74, 6) is 2.65. The lowest BCUT2D eigenvalue weighted by atomic mass is 9.44. The fourth-order valence-electron chi connectivity index (χ4n) is 7.79. The van der Waals surface area contributed by atoms with Gasteiger partial charge in [-0.25, -0.2) is 0 Å². The molecule has 0 spiro atoms. The molecule has 0 aromatic heterocycles. The Morgan fingerprint density at radius 1 is 1.08 bits per heavy atom. The first kappa shape index (κ1) is 17.9. The highest BCUT2D eigenvalue weighted by Gasteiger charge is 2.66. The Balaban J connectivity index is 1.63. The number of hydrogen-bond donors (Lipinski definition) is 3. The highest BCUT2D eigenvalue weighted by Crippen LogP contribution is 2.68. The minimum Gasteiger partial charge on any atom is -0.394 e. The second kappa shape index (κ2) is 5.77. The van der Waals surface area contributed by atoms with E-state index >= 15 is 0 Å². The second-order valence-corrected chi connectivity index (χ2v) is 10.0. The van der Waals surface area contributed by atoms with Gasteiger partial charge in [-0.3, -0.25) is 4.79 Å². The highest BCUT2D eigenvalue weighted by molar-refractivity contribution is 5.79. The molecule has 142 valence electrons. The third kappa shape index (κ3) is 2.26. The van der Waals surface area contributed by atoms with Gasteiger partial charge in [0.05, 0.1) is 12.2 Å². The van der Waals surface area contributed by atoms with Crippen molar-refractivity contribution < 1.29 is 20.1 Å². The molecule has 8 atom stereocenters. The topological polar surface area (TPSA) is 77.8 Å². The van der Waals surface area contributed by atoms with E-state index in [1.54, 1.807) is 0 Å². The Bertz CT molecular complexity index is 562. The number of carbonyl (C=O) groups excluding carboxylic acids is 1. The molecule has 0 bridgehead atoms. The van der Waals surface area contributed by atoms with E-state index in [0.717, 1.165) is 51.4 Å². The van der Waals surface area contributed by atoms with Crippen LogP contribution in [-0.4, -0.2) is 39.4 Å². The van der Waals surface area contributed by atoms with E-state index in [4.69, 9.17) is 0 Å². The average molecular weight is 350 g/mol. The molecule has 4 aliphatic rings. The molecule has 4 fully saturated rings. The summed E-state index contributed by atoms with van der Waals surface area (Å²) in [6.07, 6.45) is 7.34. The summed E-state index contributed by atoms with van der Waals surface area (Å²) in [6.45, 7) is 4.21. The van der Waals surface area contributed by atoms with Gasteiger partial charge in [0.25, 0.3) is 0 Å². The molecule has 4 heteroatoms. The minimum absolute atomic E-state index is 0.272. The maximum Gasteiger partial charge on any atom is 0.133 e. The SMILES string of the molecule is C[C@]12CCC(=O)CC1CC[C@@H]1[C@@H]2CC[C@@]2(C)[C@H]1CC[C@]2(O)C(O)CO. The fraction of sp³-hybridized carbons (Fsp3) is 0.952. The summed E-state index contributed by atoms with van der Waals surface area (Å²) >= 11 is 0. The van der Waals surface area contributed by atoms with Gasteiger partial charge in [0.2, 0.25) is 0 Å². The summed E-state index contributed by atoms with van der Waals surface area (Å²) in [4.78, 5) is 12.0. The number of fused-ring (bicyclic) bond motifs is 5. The first-order chi connectivity index (χ1) is 11.8. The Kier molecular flexibility index (Phi) is 4.14. The number of ketones is 1. The number of aliphatic hydroxyl groups excluding tert-OH is 2. The van der Waals surface area contributed by atoms with Crippen LogP contribution >= 0.6 is 0 Å². The summed E-state index contributed by atoms with van der Waals surface area (Å²) in [6, 6.07) is 0. The van der Waals surface area contributed by atoms with Gasteiger partial charge < -0.3 is 15.3 Å². The Hall–Kier alpha value is -0.450. The smallest absolute Gasteiger partial charge is 0.133 e. The average Bonchev–Trinajstić information content (AvgIpc) is 2.87. The maximum absolute atomic E-state index is 12.0. The lowest BCUT2D eigenvalue weighted by Gasteiger charge is -2.61. The summed E-state index contributed by atoms with van der Waals surface area (Å²) in [7, 11) is 0. The van der Waals surface area contributed by atoms with Crippen molar-refractivity contribution >= 4 is 5.78 Å². The molecule has 4 aliphatic carbocycles. The van der Waals surface area contributed by atoms with Crippen LogP contribution in [0, 0.1) is 34.5 Å². The van der Waals surface area contributed by atoms with Gasteiger partial charge >= 0.3 is 0 Å². The van der Waals surface area contributed by atoms with Crippen LogP contribution in [0.5, 0.6) is 0 Å². The zero-order valence-electron chi connectivity index (χ0n) is 15.7. The standard InChI is InChI=1S/C21H34O4/c1-19-8-5-14(23)11-13(19)3-4-15-16(19)6-9-20(2)17(15)7-10-21(20,25)18(24)12-22/h13,15-18,22,24-25H,3-12H2,1-2H3/t13?,15-,16+,17+,18?,19+,20+,21+/m1/s1. The molecule has 2 unspecified atom stereocenters. The summed E-state index contributed by atoms with van der Waals surface area (Å²) < 4.78 is 0. The zero-order valence-corrected chi connectivity index (χ0v) is 15.7. The zero-order chi connectivity index (χ0) is 18.0. The van der Waals surface area contributed by atoms with Crippen LogP contribution in [0.1, 0.15) is 71.6 Å². The van der Waals surface area contributed by atoms with E-state index in [1.807, 2.05) is 0 Å². The van der Waals surface area contributed by atoms with Gasteiger partial charge in [-0.1, -0.05) is 13.8 Å². The number of rotatable bonds is 2. The molecular weight excluding hydrogens is 316 g/mol. The van der Waals surface area contributed by atoms with Crippen LogP contribution in [-0.2, 0) is 4.79 Å². The van der Waals surface area contributed by atoms with E-state index in [-0.39, 0.29) is 17.4 Å². The molecular formula is C21H34O4. The van der Waals surface area contributed by atoms with Crippen LogP contribution < -0.4 is 0 Å². The third-order valence-corrected chi connectivity index (χ3v) is 9.42. The van der Waals surface area contributed by atoms with E-state index < -0.39 is 11.7 Å². The van der Waals surface area contributed by atoms with E-state index in [0.29, 0.717) is 35.9 Å². The Morgan fingerprint density at radius 3 is 2.52 bits per heavy atom. The minimum atomic E-state index is -1.16. The highest BCUT2D eigenvalue weighted by atomic mass is 16.4. The molecule has 0 aromatic rings. The van der Waals surface area contributed by atoms with E-state index in [9.17, 15) is 20.1 Å². The van der Waals surface area contributed by atoms with Crippen molar-refractivity contribution in [1.29, 1.82) is 0 Å². The largest absolute Gasteiger partial charge is 0.394 e. The van der Waals surface area contributed by atoms with Crippen LogP contribution in [0.4, 0.5) is 0 Å². The van der Waals surface area contributed by atoms with Crippen molar-refractivity contribution in [3.8, 4) is 0 Å². The van der Waals surface area contributed by atoms with E-state index in [1.165, 1.54) is 0 Å². The second-order valence-electron chi connectivity index (χ2n) is 10.0. The molecule has 4 nitrogen and oxygen atoms in total. The molecule has 0 radical (unpaired) electrons. The van der Waals surface area contributed by atoms with Crippen molar-refractivity contribution in [1.82, 2.24) is 0 Å². The van der Waals surface area contributed by atoms with Gasteiger partial charge in [0.1, 0.15) is 11.9 Å². The first-order valence-corrected chi connectivity index (χ1v) is 10.3. The predicted octanol–water partition coefficient (Wildman–Crippen LogP) is 2.68. The fourth-order valence-corrected chi connectivity index (χ4v) is 7.79. The number of carbonyl (C=O) groups is 1. The van der Waals surface area contributed by atoms with Crippen molar-refractivity contribution in [3.63, 3.8) is 0 Å². The van der Waals surface area contributed by atoms with Crippen molar-refractivity contribution in [2.24, 2.45) is 34.5 Å². The van der Waals surface area contributed by atoms with Crippen LogP contribution in [0.25, 0.3) is 0 Å². The number of hydrogen-bond acceptors (Lipinski definition) is 4. The van der Waals surface area contributed by atoms with Crippen molar-refractivity contribution in [2.45, 2.75) is 83.3 Å². The monoisotopic (exact) mass is 350 g/mol. The predicted molar refractivity (Wildman–Crippen MR) is 94.8 cm³/mol. The lowest BCUT2D eigenvalue weighted by Crippen LogP contribution is -2.60. The van der Waals surface area contributed by atoms with Gasteiger partial charge in [-0.15, -0.1) is 0 Å². The maximum atomic E-state index is 12.0. The summed E-state index contributed by atoms with van der Waals surface area (Å²) in [5.41, 5.74) is -1.18. The van der Waals surface area contributed by atoms with Gasteiger partial charge in [-0.2, -0.15) is 0 Å². The molecule has 0 amide bonds. The Morgan fingerprint density at radius 2 is 1.80 bits per heavy atom. The molecule has 4 rings (SSSR count). The number of aliphatic hydroxyl groups is 3. The molecule has 0 aliphatic heterocycles. The summed E-state index contributed by atoms with van der Waals surface area (Å²) in [5, 5.41) is 31.1. The van der Waals surface area contributed by atoms with Crippen LogP contribution in [0.2, 0.25) is 0 Å². The van der Waals surface area contributed by atoms with E-state index in [2.05, 4.69) is 13.8 Å². The van der Waals surface area contributed by atoms with Crippen LogP contribution in [0.3, 0.4) is 0 Å². The molecule has 0 heterocycles. The first-order valence-electron chi connectivity index (χ1n) is 10.3. The normalized spacial score (nSPS) is 53.7. The number of Topliss-reactive ketones (excluding diaryl/α,β-unsaturated/α-hetero) is 1. The van der Waals surface area contributed by atoms with Gasteiger partial charge in [0, 0.05) is 18.3 Å². The van der Waals surface area contributed by atoms with Gasteiger partial charge in [0.15, 0.2) is 0 Å². The molecule has 4 saturated carbocycles. The quantitative estimate of drug-likeness (QED) is 0.715. The third-order valence-electron chi connectivity index (χ3n) is 9.42. The van der Waals surface area contributed by atoms with Crippen molar-refractivity contribution in [3.05, 3.63) is 0 Å². The van der Waals surface area contributed by atoms with Gasteiger partial charge in [-0.05, 0) is 74.0 Å². The Labute approximate surface area is 151 Å². The van der Waals surface area contributed by atoms with Crippen LogP contribution in [0.15, 0.2) is 0 Å². The lowest BCUT2D eigenvalue weighted by molar-refractivity contribution is -0.193. The molecule has 0 aromatic carbocycles. The molecule has 0 saturated heterocycles.